The zero-order valence-corrected chi connectivity index (χ0v) is 16.0. The molecule has 7 heteroatoms. The highest BCUT2D eigenvalue weighted by Gasteiger charge is 2.23. The molecule has 0 bridgehead atoms. The molecule has 0 spiro atoms. The molecule has 0 saturated carbocycles. The van der Waals surface area contributed by atoms with E-state index in [0.717, 1.165) is 38.7 Å². The standard InChI is InChI=1S/C18H35N5O2/c1-3-19-17(20-9-12-21-10-7-5-6-8-11-21)22-13-15-23(16-14-22)18(24)25-4-2/h3-16H2,1-2H3,(H,19,20). The van der Waals surface area contributed by atoms with Gasteiger partial charge in [0, 0.05) is 39.3 Å². The zero-order chi connectivity index (χ0) is 17.9. The van der Waals surface area contributed by atoms with Crippen molar-refractivity contribution in [2.24, 2.45) is 4.99 Å². The van der Waals surface area contributed by atoms with Gasteiger partial charge in [0.15, 0.2) is 5.96 Å². The average Bonchev–Trinajstić information content (AvgIpc) is 2.90. The lowest BCUT2D eigenvalue weighted by atomic mass is 10.2. The number of carbonyl (C=O) groups excluding carboxylic acids is 1. The summed E-state index contributed by atoms with van der Waals surface area (Å²) >= 11 is 0. The molecule has 1 N–H and O–H groups in total. The summed E-state index contributed by atoms with van der Waals surface area (Å²) in [7, 11) is 0. The van der Waals surface area contributed by atoms with Crippen molar-refractivity contribution in [3.63, 3.8) is 0 Å². The van der Waals surface area contributed by atoms with Gasteiger partial charge in [0.1, 0.15) is 0 Å². The molecule has 0 radical (unpaired) electrons. The molecule has 2 heterocycles. The summed E-state index contributed by atoms with van der Waals surface area (Å²) in [6.45, 7) is 12.5. The smallest absolute Gasteiger partial charge is 0.409 e. The van der Waals surface area contributed by atoms with Gasteiger partial charge >= 0.3 is 6.09 Å². The Hall–Kier alpha value is -1.50. The molecular weight excluding hydrogens is 318 g/mol. The Morgan fingerprint density at radius 2 is 1.60 bits per heavy atom. The van der Waals surface area contributed by atoms with E-state index in [-0.39, 0.29) is 6.09 Å². The first-order valence-corrected chi connectivity index (χ1v) is 9.92. The summed E-state index contributed by atoms with van der Waals surface area (Å²) in [5.41, 5.74) is 0. The molecule has 0 aromatic rings. The van der Waals surface area contributed by atoms with Crippen molar-refractivity contribution in [1.29, 1.82) is 0 Å². The quantitative estimate of drug-likeness (QED) is 0.601. The van der Waals surface area contributed by atoms with E-state index in [2.05, 4.69) is 22.0 Å². The fourth-order valence-corrected chi connectivity index (χ4v) is 3.40. The highest BCUT2D eigenvalue weighted by molar-refractivity contribution is 5.80. The summed E-state index contributed by atoms with van der Waals surface area (Å²) in [6, 6.07) is 0. The molecule has 0 aliphatic carbocycles. The van der Waals surface area contributed by atoms with E-state index >= 15 is 0 Å². The number of rotatable bonds is 5. The van der Waals surface area contributed by atoms with Crippen LogP contribution in [0.5, 0.6) is 0 Å². The second-order valence-corrected chi connectivity index (χ2v) is 6.66. The number of nitrogens with zero attached hydrogens (tertiary/aromatic N) is 4. The Morgan fingerprint density at radius 3 is 2.20 bits per heavy atom. The summed E-state index contributed by atoms with van der Waals surface area (Å²) < 4.78 is 5.08. The Balaban J connectivity index is 1.80. The monoisotopic (exact) mass is 353 g/mol. The van der Waals surface area contributed by atoms with Crippen molar-refractivity contribution >= 4 is 12.1 Å². The van der Waals surface area contributed by atoms with Crippen LogP contribution in [0, 0.1) is 0 Å². The second kappa shape index (κ2) is 11.2. The first-order valence-electron chi connectivity index (χ1n) is 9.92. The van der Waals surface area contributed by atoms with Crippen molar-refractivity contribution in [3.8, 4) is 0 Å². The van der Waals surface area contributed by atoms with E-state index in [1.165, 1.54) is 38.8 Å². The number of likely N-dealkylation sites (tertiary alicyclic amines) is 1. The van der Waals surface area contributed by atoms with Crippen molar-refractivity contribution in [3.05, 3.63) is 0 Å². The summed E-state index contributed by atoms with van der Waals surface area (Å²) in [6.07, 6.45) is 5.17. The number of hydrogen-bond donors (Lipinski definition) is 1. The number of guanidine groups is 1. The predicted molar refractivity (Wildman–Crippen MR) is 101 cm³/mol. The minimum Gasteiger partial charge on any atom is -0.450 e. The molecule has 144 valence electrons. The molecule has 2 fully saturated rings. The lowest BCUT2D eigenvalue weighted by Crippen LogP contribution is -2.54. The van der Waals surface area contributed by atoms with Crippen LogP contribution in [0.3, 0.4) is 0 Å². The van der Waals surface area contributed by atoms with Gasteiger partial charge in [-0.05, 0) is 39.8 Å². The van der Waals surface area contributed by atoms with Crippen molar-refractivity contribution in [2.45, 2.75) is 39.5 Å². The fourth-order valence-electron chi connectivity index (χ4n) is 3.40. The summed E-state index contributed by atoms with van der Waals surface area (Å²) in [5, 5.41) is 3.39. The molecule has 1 amide bonds. The molecular formula is C18H35N5O2. The third kappa shape index (κ3) is 6.72. The van der Waals surface area contributed by atoms with Gasteiger partial charge in [-0.3, -0.25) is 4.99 Å². The molecule has 2 aliphatic heterocycles. The van der Waals surface area contributed by atoms with Crippen LogP contribution in [0.2, 0.25) is 0 Å². The molecule has 2 rings (SSSR count). The molecule has 0 aromatic carbocycles. The lowest BCUT2D eigenvalue weighted by molar-refractivity contribution is 0.0914. The van der Waals surface area contributed by atoms with Gasteiger partial charge in [-0.2, -0.15) is 0 Å². The van der Waals surface area contributed by atoms with Crippen molar-refractivity contribution in [2.75, 3.05) is 65.5 Å². The number of carbonyl (C=O) groups is 1. The van der Waals surface area contributed by atoms with Gasteiger partial charge in [0.05, 0.1) is 13.2 Å². The van der Waals surface area contributed by atoms with Gasteiger partial charge in [-0.1, -0.05) is 12.8 Å². The number of nitrogens with one attached hydrogen (secondary N) is 1. The summed E-state index contributed by atoms with van der Waals surface area (Å²) in [5.74, 6) is 0.973. The van der Waals surface area contributed by atoms with Gasteiger partial charge in [0.2, 0.25) is 0 Å². The third-order valence-electron chi connectivity index (χ3n) is 4.82. The molecule has 7 nitrogen and oxygen atoms in total. The topological polar surface area (TPSA) is 60.4 Å². The molecule has 2 saturated heterocycles. The van der Waals surface area contributed by atoms with Crippen molar-refractivity contribution in [1.82, 2.24) is 20.0 Å². The number of piperazine rings is 1. The Bertz CT molecular complexity index is 414. The molecule has 25 heavy (non-hydrogen) atoms. The van der Waals surface area contributed by atoms with Crippen molar-refractivity contribution < 1.29 is 9.53 Å². The van der Waals surface area contributed by atoms with E-state index in [1.807, 2.05) is 6.92 Å². The number of amides is 1. The zero-order valence-electron chi connectivity index (χ0n) is 16.0. The number of hydrogen-bond acceptors (Lipinski definition) is 4. The van der Waals surface area contributed by atoms with Crippen LogP contribution in [0.15, 0.2) is 4.99 Å². The Labute approximate surface area is 152 Å². The van der Waals surface area contributed by atoms with E-state index < -0.39 is 0 Å². The maximum absolute atomic E-state index is 11.8. The van der Waals surface area contributed by atoms with E-state index in [4.69, 9.17) is 9.73 Å². The largest absolute Gasteiger partial charge is 0.450 e. The maximum Gasteiger partial charge on any atom is 0.409 e. The average molecular weight is 354 g/mol. The highest BCUT2D eigenvalue weighted by atomic mass is 16.6. The van der Waals surface area contributed by atoms with Crippen LogP contribution in [0.4, 0.5) is 4.79 Å². The molecule has 0 atom stereocenters. The molecule has 0 aromatic heterocycles. The first-order chi connectivity index (χ1) is 12.2. The SMILES string of the molecule is CCNC(=NCCN1CCCCCC1)N1CCN(C(=O)OCC)CC1. The van der Waals surface area contributed by atoms with Gasteiger partial charge < -0.3 is 24.8 Å². The van der Waals surface area contributed by atoms with Crippen LogP contribution in [-0.4, -0.2) is 92.3 Å². The fraction of sp³-hybridized carbons (Fsp3) is 0.889. The van der Waals surface area contributed by atoms with E-state index in [9.17, 15) is 4.79 Å². The van der Waals surface area contributed by atoms with Crippen LogP contribution < -0.4 is 5.32 Å². The Kier molecular flexibility index (Phi) is 8.86. The minimum atomic E-state index is -0.203. The molecule has 2 aliphatic rings. The van der Waals surface area contributed by atoms with Crippen LogP contribution in [0.1, 0.15) is 39.5 Å². The second-order valence-electron chi connectivity index (χ2n) is 6.66. The van der Waals surface area contributed by atoms with Gasteiger partial charge in [-0.25, -0.2) is 4.79 Å². The molecule has 0 unspecified atom stereocenters. The predicted octanol–water partition coefficient (Wildman–Crippen LogP) is 1.60. The van der Waals surface area contributed by atoms with Gasteiger partial charge in [-0.15, -0.1) is 0 Å². The van der Waals surface area contributed by atoms with E-state index in [1.54, 1.807) is 4.90 Å². The lowest BCUT2D eigenvalue weighted by Gasteiger charge is -2.36. The number of ether oxygens (including phenoxy) is 1. The summed E-state index contributed by atoms with van der Waals surface area (Å²) in [4.78, 5) is 23.2. The van der Waals surface area contributed by atoms with Crippen LogP contribution >= 0.6 is 0 Å². The number of aliphatic imine (C=N–C) groups is 1. The highest BCUT2D eigenvalue weighted by Crippen LogP contribution is 2.09. The van der Waals surface area contributed by atoms with Gasteiger partial charge in [0.25, 0.3) is 0 Å². The third-order valence-corrected chi connectivity index (χ3v) is 4.82. The first kappa shape index (κ1) is 19.8. The Morgan fingerprint density at radius 1 is 0.960 bits per heavy atom. The van der Waals surface area contributed by atoms with Crippen LogP contribution in [-0.2, 0) is 4.74 Å². The van der Waals surface area contributed by atoms with Crippen LogP contribution in [0.25, 0.3) is 0 Å². The maximum atomic E-state index is 11.8. The van der Waals surface area contributed by atoms with E-state index in [0.29, 0.717) is 19.7 Å². The normalized spacial score (nSPS) is 20.3. The minimum absolute atomic E-state index is 0.203.